The second kappa shape index (κ2) is 6.60. The van der Waals surface area contributed by atoms with Crippen LogP contribution in [0.1, 0.15) is 57.7 Å². The first-order chi connectivity index (χ1) is 13.5. The van der Waals surface area contributed by atoms with E-state index in [0.717, 1.165) is 12.0 Å². The molecule has 5 nitrogen and oxygen atoms in total. The molecule has 2 N–H and O–H groups in total. The molecule has 0 saturated heterocycles. The topological polar surface area (TPSA) is 83.2 Å². The van der Waals surface area contributed by atoms with Crippen molar-refractivity contribution in [2.75, 3.05) is 0 Å². The Morgan fingerprint density at radius 1 is 1.04 bits per heavy atom. The minimum Gasteiger partial charge on any atom is -0.494 e. The summed E-state index contributed by atoms with van der Waals surface area (Å²) < 4.78 is 1.70. The van der Waals surface area contributed by atoms with E-state index in [0.29, 0.717) is 34.5 Å². The first-order valence-electron chi connectivity index (χ1n) is 9.25. The maximum atomic E-state index is 13.3. The van der Waals surface area contributed by atoms with Gasteiger partial charge in [-0.25, -0.2) is 0 Å². The number of rotatable bonds is 4. The molecule has 2 aromatic carbocycles. The molecule has 1 heterocycles. The fraction of sp³-hybridized carbons (Fsp3) is 0.174. The zero-order valence-electron chi connectivity index (χ0n) is 15.7. The van der Waals surface area contributed by atoms with Crippen molar-refractivity contribution in [2.24, 2.45) is 0 Å². The van der Waals surface area contributed by atoms with Crippen LogP contribution in [0.5, 0.6) is 5.88 Å². The second-order valence-corrected chi connectivity index (χ2v) is 6.96. The lowest BCUT2D eigenvalue weighted by Gasteiger charge is -2.17. The number of carbonyl (C=O) groups excluding carboxylic acids is 2. The molecule has 0 fully saturated rings. The Kier molecular flexibility index (Phi) is 4.23. The Morgan fingerprint density at radius 2 is 1.68 bits per heavy atom. The second-order valence-electron chi connectivity index (χ2n) is 6.96. The molecule has 3 aromatic rings. The molecule has 0 amide bonds. The summed E-state index contributed by atoms with van der Waals surface area (Å²) in [5.74, 6) is -0.292. The van der Waals surface area contributed by atoms with Crippen LogP contribution in [-0.2, 0) is 6.54 Å². The van der Waals surface area contributed by atoms with Crippen LogP contribution >= 0.6 is 0 Å². The molecule has 1 aliphatic carbocycles. The van der Waals surface area contributed by atoms with E-state index in [1.54, 1.807) is 53.1 Å². The number of carbonyl (C=O) groups is 2. The summed E-state index contributed by atoms with van der Waals surface area (Å²) in [6, 6.07) is 14.0. The van der Waals surface area contributed by atoms with Crippen molar-refractivity contribution in [1.82, 2.24) is 4.57 Å². The average Bonchev–Trinajstić information content (AvgIpc) is 2.99. The van der Waals surface area contributed by atoms with Crippen molar-refractivity contribution in [3.05, 3.63) is 76.3 Å². The van der Waals surface area contributed by atoms with Crippen molar-refractivity contribution >= 4 is 17.3 Å². The molecule has 1 aromatic heterocycles. The Balaban J connectivity index is 2.01. The van der Waals surface area contributed by atoms with Gasteiger partial charge in [-0.05, 0) is 18.9 Å². The summed E-state index contributed by atoms with van der Waals surface area (Å²) in [6.45, 7) is 4.01. The number of aromatic hydroxyl groups is 1. The average molecular weight is 372 g/mol. The largest absolute Gasteiger partial charge is 0.494 e. The van der Waals surface area contributed by atoms with Gasteiger partial charge in [-0.3, -0.25) is 15.0 Å². The zero-order chi connectivity index (χ0) is 20.0. The quantitative estimate of drug-likeness (QED) is 0.520. The number of benzene rings is 2. The van der Waals surface area contributed by atoms with Gasteiger partial charge in [-0.15, -0.1) is 0 Å². The number of fused-ring (bicyclic) bond motifs is 2. The molecule has 0 spiro atoms. The molecule has 0 saturated carbocycles. The summed E-state index contributed by atoms with van der Waals surface area (Å²) >= 11 is 0. The van der Waals surface area contributed by atoms with Crippen LogP contribution in [-0.4, -0.2) is 27.0 Å². The summed E-state index contributed by atoms with van der Waals surface area (Å²) in [5.41, 5.74) is 3.69. The van der Waals surface area contributed by atoms with E-state index in [1.165, 1.54) is 6.92 Å². The van der Waals surface area contributed by atoms with Crippen molar-refractivity contribution in [3.8, 4) is 17.1 Å². The predicted molar refractivity (Wildman–Crippen MR) is 108 cm³/mol. The van der Waals surface area contributed by atoms with Crippen molar-refractivity contribution in [3.63, 3.8) is 0 Å². The van der Waals surface area contributed by atoms with Gasteiger partial charge in [0.25, 0.3) is 0 Å². The van der Waals surface area contributed by atoms with Crippen LogP contribution in [0.25, 0.3) is 11.3 Å². The fourth-order valence-electron chi connectivity index (χ4n) is 3.84. The Labute approximate surface area is 162 Å². The third kappa shape index (κ3) is 2.51. The molecular formula is C23H20N2O3. The summed E-state index contributed by atoms with van der Waals surface area (Å²) in [4.78, 5) is 24.9. The van der Waals surface area contributed by atoms with Gasteiger partial charge in [-0.2, -0.15) is 0 Å². The molecule has 0 unspecified atom stereocenters. The van der Waals surface area contributed by atoms with Crippen LogP contribution in [0, 0.1) is 5.41 Å². The van der Waals surface area contributed by atoms with Gasteiger partial charge in [-0.1, -0.05) is 55.5 Å². The highest BCUT2D eigenvalue weighted by Crippen LogP contribution is 2.42. The van der Waals surface area contributed by atoms with Gasteiger partial charge < -0.3 is 9.67 Å². The van der Waals surface area contributed by atoms with Gasteiger partial charge in [0.2, 0.25) is 5.88 Å². The lowest BCUT2D eigenvalue weighted by Crippen LogP contribution is -2.19. The molecule has 1 aliphatic rings. The van der Waals surface area contributed by atoms with E-state index >= 15 is 0 Å². The van der Waals surface area contributed by atoms with E-state index < -0.39 is 0 Å². The van der Waals surface area contributed by atoms with Crippen LogP contribution < -0.4 is 0 Å². The molecule has 28 heavy (non-hydrogen) atoms. The van der Waals surface area contributed by atoms with Crippen LogP contribution in [0.3, 0.4) is 0 Å². The lowest BCUT2D eigenvalue weighted by molar-refractivity contribution is 0.101. The van der Waals surface area contributed by atoms with Crippen LogP contribution in [0.15, 0.2) is 48.5 Å². The third-order valence-electron chi connectivity index (χ3n) is 5.17. The number of aromatic nitrogens is 1. The van der Waals surface area contributed by atoms with E-state index in [9.17, 15) is 14.7 Å². The zero-order valence-corrected chi connectivity index (χ0v) is 15.7. The van der Waals surface area contributed by atoms with Crippen molar-refractivity contribution in [1.29, 1.82) is 5.41 Å². The minimum atomic E-state index is -0.197. The lowest BCUT2D eigenvalue weighted by atomic mass is 9.84. The molecule has 0 aliphatic heterocycles. The molecule has 0 radical (unpaired) electrons. The molecule has 0 atom stereocenters. The maximum absolute atomic E-state index is 13.3. The summed E-state index contributed by atoms with van der Waals surface area (Å²) in [7, 11) is 0. The Hall–Kier alpha value is -3.47. The van der Waals surface area contributed by atoms with Crippen LogP contribution in [0.4, 0.5) is 0 Å². The molecule has 140 valence electrons. The monoisotopic (exact) mass is 372 g/mol. The smallest absolute Gasteiger partial charge is 0.201 e. The number of ketones is 2. The predicted octanol–water partition coefficient (Wildman–Crippen LogP) is 4.43. The van der Waals surface area contributed by atoms with Crippen molar-refractivity contribution in [2.45, 2.75) is 26.8 Å². The molecular weight excluding hydrogens is 352 g/mol. The number of Topliss-reactive ketones (excluding diaryl/α,β-unsaturated/α-hetero) is 1. The van der Waals surface area contributed by atoms with Gasteiger partial charge in [0.05, 0.1) is 22.5 Å². The first-order valence-corrected chi connectivity index (χ1v) is 9.25. The van der Waals surface area contributed by atoms with Crippen LogP contribution in [0.2, 0.25) is 0 Å². The van der Waals surface area contributed by atoms with E-state index in [4.69, 9.17) is 5.41 Å². The Morgan fingerprint density at radius 3 is 2.29 bits per heavy atom. The van der Waals surface area contributed by atoms with E-state index in [1.807, 2.05) is 6.92 Å². The summed E-state index contributed by atoms with van der Waals surface area (Å²) in [6.07, 6.45) is 0.758. The third-order valence-corrected chi connectivity index (χ3v) is 5.17. The van der Waals surface area contributed by atoms with Gasteiger partial charge in [0.15, 0.2) is 11.6 Å². The number of nitrogens with one attached hydrogen (secondary N) is 1. The Bertz CT molecular complexity index is 1140. The van der Waals surface area contributed by atoms with Gasteiger partial charge in [0.1, 0.15) is 0 Å². The molecule has 4 rings (SSSR count). The molecule has 5 heteroatoms. The fourth-order valence-corrected chi connectivity index (χ4v) is 3.84. The minimum absolute atomic E-state index is 0.0350. The number of hydrogen-bond donors (Lipinski definition) is 2. The SMILES string of the molecule is CCCn1c(O)c2c(c1-c1ccc(C(C)=O)cc1)C(=O)c1ccccc1C2=N. The highest BCUT2D eigenvalue weighted by atomic mass is 16.3. The maximum Gasteiger partial charge on any atom is 0.201 e. The standard InChI is InChI=1S/C23H20N2O3/c1-3-12-25-21(15-10-8-14(9-11-15)13(2)26)19-18(23(25)28)20(24)16-6-4-5-7-17(16)22(19)27/h4-11,24,28H,3,12H2,1-2H3. The normalized spacial score (nSPS) is 12.6. The van der Waals surface area contributed by atoms with Gasteiger partial charge >= 0.3 is 0 Å². The highest BCUT2D eigenvalue weighted by Gasteiger charge is 2.36. The first kappa shape index (κ1) is 17.9. The van der Waals surface area contributed by atoms with Crippen molar-refractivity contribution < 1.29 is 14.7 Å². The van der Waals surface area contributed by atoms with E-state index in [-0.39, 0.29) is 28.7 Å². The number of nitrogens with zero attached hydrogens (tertiary/aromatic N) is 1. The van der Waals surface area contributed by atoms with Gasteiger partial charge in [0, 0.05) is 23.2 Å². The number of hydrogen-bond acceptors (Lipinski definition) is 4. The summed E-state index contributed by atoms with van der Waals surface area (Å²) in [5, 5.41) is 19.5. The molecule has 0 bridgehead atoms. The highest BCUT2D eigenvalue weighted by molar-refractivity contribution is 6.32. The van der Waals surface area contributed by atoms with E-state index in [2.05, 4.69) is 0 Å².